The Labute approximate surface area is 128 Å². The number of aromatic nitrogens is 2. The number of amides is 2. The maximum atomic E-state index is 12.0. The number of aliphatic hydroxyl groups excluding tert-OH is 1. The van der Waals surface area contributed by atoms with Crippen molar-refractivity contribution >= 4 is 6.03 Å². The summed E-state index contributed by atoms with van der Waals surface area (Å²) in [6.07, 6.45) is 8.44. The van der Waals surface area contributed by atoms with Crippen LogP contribution in [0.5, 0.6) is 0 Å². The molecule has 2 unspecified atom stereocenters. The predicted molar refractivity (Wildman–Crippen MR) is 79.1 cm³/mol. The molecule has 1 aliphatic heterocycles. The van der Waals surface area contributed by atoms with Gasteiger partial charge in [0.25, 0.3) is 0 Å². The lowest BCUT2D eigenvalue weighted by molar-refractivity contribution is 0.212. The van der Waals surface area contributed by atoms with E-state index in [0.29, 0.717) is 13.0 Å². The third-order valence-electron chi connectivity index (χ3n) is 3.94. The number of fused-ring (bicyclic) bond motifs is 1. The molecule has 3 rings (SSSR count). The highest BCUT2D eigenvalue weighted by molar-refractivity contribution is 5.74. The van der Waals surface area contributed by atoms with Crippen LogP contribution in [0.4, 0.5) is 4.79 Å². The first-order chi connectivity index (χ1) is 10.8. The zero-order chi connectivity index (χ0) is 15.4. The lowest BCUT2D eigenvalue weighted by atomic mass is 10.0. The minimum atomic E-state index is -0.230. The lowest BCUT2D eigenvalue weighted by Crippen LogP contribution is -2.40. The van der Waals surface area contributed by atoms with Gasteiger partial charge < -0.3 is 24.7 Å². The minimum Gasteiger partial charge on any atom is -0.472 e. The Balaban J connectivity index is 1.46. The second-order valence-corrected chi connectivity index (χ2v) is 5.56. The van der Waals surface area contributed by atoms with E-state index in [1.807, 2.05) is 16.8 Å². The number of carbonyl (C=O) groups excluding carboxylic acids is 1. The normalized spacial score (nSPS) is 18.0. The van der Waals surface area contributed by atoms with Crippen LogP contribution < -0.4 is 10.6 Å². The summed E-state index contributed by atoms with van der Waals surface area (Å²) in [6.45, 7) is 1.30. The molecule has 0 fully saturated rings. The van der Waals surface area contributed by atoms with Crippen LogP contribution in [0.2, 0.25) is 0 Å². The largest absolute Gasteiger partial charge is 0.472 e. The average molecular weight is 304 g/mol. The first-order valence-corrected chi connectivity index (χ1v) is 7.43. The average Bonchev–Trinajstić information content (AvgIpc) is 3.23. The Morgan fingerprint density at radius 1 is 1.59 bits per heavy atom. The van der Waals surface area contributed by atoms with E-state index in [1.165, 1.54) is 0 Å². The molecule has 22 heavy (non-hydrogen) atoms. The van der Waals surface area contributed by atoms with Gasteiger partial charge in [-0.1, -0.05) is 0 Å². The van der Waals surface area contributed by atoms with Crippen LogP contribution in [0.3, 0.4) is 0 Å². The Bertz CT molecular complexity index is 608. The minimum absolute atomic E-state index is 0.0132. The quantitative estimate of drug-likeness (QED) is 0.744. The summed E-state index contributed by atoms with van der Waals surface area (Å²) in [6, 6.07) is 1.59. The fourth-order valence-electron chi connectivity index (χ4n) is 2.74. The lowest BCUT2D eigenvalue weighted by Gasteiger charge is -2.16. The van der Waals surface area contributed by atoms with Crippen LogP contribution in [0.15, 0.2) is 35.4 Å². The van der Waals surface area contributed by atoms with Gasteiger partial charge in [0, 0.05) is 38.0 Å². The van der Waals surface area contributed by atoms with Gasteiger partial charge in [0.05, 0.1) is 18.6 Å². The van der Waals surface area contributed by atoms with Crippen molar-refractivity contribution < 1.29 is 14.3 Å². The monoisotopic (exact) mass is 304 g/mol. The molecule has 3 N–H and O–H groups in total. The van der Waals surface area contributed by atoms with Crippen molar-refractivity contribution in [1.82, 2.24) is 20.2 Å². The molecule has 2 aromatic rings. The summed E-state index contributed by atoms with van der Waals surface area (Å²) in [7, 11) is 0. The molecule has 0 saturated heterocycles. The molecule has 7 heteroatoms. The molecule has 0 aliphatic carbocycles. The molecule has 2 aromatic heterocycles. The smallest absolute Gasteiger partial charge is 0.315 e. The number of imidazole rings is 1. The van der Waals surface area contributed by atoms with E-state index in [-0.39, 0.29) is 24.6 Å². The second-order valence-electron chi connectivity index (χ2n) is 5.56. The zero-order valence-electron chi connectivity index (χ0n) is 12.2. The van der Waals surface area contributed by atoms with E-state index in [4.69, 9.17) is 4.42 Å². The molecule has 0 spiro atoms. The van der Waals surface area contributed by atoms with Gasteiger partial charge >= 0.3 is 6.03 Å². The summed E-state index contributed by atoms with van der Waals surface area (Å²) in [5, 5.41) is 15.2. The summed E-state index contributed by atoms with van der Waals surface area (Å²) in [5.41, 5.74) is 1.01. The number of hydrogen-bond acceptors (Lipinski definition) is 4. The number of urea groups is 1. The summed E-state index contributed by atoms with van der Waals surface area (Å²) in [4.78, 5) is 16.3. The van der Waals surface area contributed by atoms with E-state index in [2.05, 4.69) is 15.6 Å². The third kappa shape index (κ3) is 3.30. The van der Waals surface area contributed by atoms with Gasteiger partial charge in [0.15, 0.2) is 0 Å². The Morgan fingerprint density at radius 3 is 3.27 bits per heavy atom. The maximum absolute atomic E-state index is 12.0. The molecule has 7 nitrogen and oxygen atoms in total. The van der Waals surface area contributed by atoms with Gasteiger partial charge in [-0.05, 0) is 24.5 Å². The van der Waals surface area contributed by atoms with Crippen LogP contribution in [-0.2, 0) is 13.0 Å². The number of aliphatic hydroxyl groups is 1. The number of furan rings is 1. The fraction of sp³-hybridized carbons (Fsp3) is 0.467. The number of rotatable bonds is 6. The van der Waals surface area contributed by atoms with E-state index in [1.54, 1.807) is 18.7 Å². The van der Waals surface area contributed by atoms with Crippen molar-refractivity contribution in [3.05, 3.63) is 42.4 Å². The second kappa shape index (κ2) is 6.65. The molecule has 3 heterocycles. The summed E-state index contributed by atoms with van der Waals surface area (Å²) < 4.78 is 7.05. The van der Waals surface area contributed by atoms with Crippen LogP contribution in [0.1, 0.15) is 23.9 Å². The van der Waals surface area contributed by atoms with E-state index in [9.17, 15) is 9.90 Å². The molecular formula is C15H20N4O3. The molecule has 0 aromatic carbocycles. The molecule has 0 radical (unpaired) electrons. The Kier molecular flexibility index (Phi) is 4.43. The van der Waals surface area contributed by atoms with Gasteiger partial charge in [0.1, 0.15) is 5.82 Å². The first-order valence-electron chi connectivity index (χ1n) is 7.43. The number of carbonyl (C=O) groups is 1. The highest BCUT2D eigenvalue weighted by Gasteiger charge is 2.25. The van der Waals surface area contributed by atoms with E-state index >= 15 is 0 Å². The third-order valence-corrected chi connectivity index (χ3v) is 3.94. The summed E-state index contributed by atoms with van der Waals surface area (Å²) >= 11 is 0. The summed E-state index contributed by atoms with van der Waals surface area (Å²) in [5.74, 6) is 0.862. The fourth-order valence-corrected chi connectivity index (χ4v) is 2.74. The maximum Gasteiger partial charge on any atom is 0.315 e. The molecular weight excluding hydrogens is 284 g/mol. The zero-order valence-corrected chi connectivity index (χ0v) is 12.2. The van der Waals surface area contributed by atoms with Crippen LogP contribution >= 0.6 is 0 Å². The molecule has 0 saturated carbocycles. The molecule has 2 atom stereocenters. The topological polar surface area (TPSA) is 92.3 Å². The van der Waals surface area contributed by atoms with Crippen LogP contribution in [0.25, 0.3) is 0 Å². The van der Waals surface area contributed by atoms with Crippen LogP contribution in [0, 0.1) is 5.92 Å². The number of aryl methyl sites for hydroxylation is 1. The molecule has 2 amide bonds. The van der Waals surface area contributed by atoms with Crippen molar-refractivity contribution in [3.63, 3.8) is 0 Å². The van der Waals surface area contributed by atoms with Gasteiger partial charge in [-0.3, -0.25) is 0 Å². The van der Waals surface area contributed by atoms with Crippen molar-refractivity contribution in [2.24, 2.45) is 5.92 Å². The van der Waals surface area contributed by atoms with Gasteiger partial charge in [0.2, 0.25) is 0 Å². The van der Waals surface area contributed by atoms with Gasteiger partial charge in [-0.2, -0.15) is 0 Å². The highest BCUT2D eigenvalue weighted by Crippen LogP contribution is 2.23. The number of nitrogens with one attached hydrogen (secondary N) is 2. The van der Waals surface area contributed by atoms with Gasteiger partial charge in [-0.15, -0.1) is 0 Å². The molecule has 1 aliphatic rings. The van der Waals surface area contributed by atoms with E-state index < -0.39 is 0 Å². The molecule has 0 bridgehead atoms. The van der Waals surface area contributed by atoms with Crippen LogP contribution in [-0.4, -0.2) is 33.8 Å². The van der Waals surface area contributed by atoms with Crippen molar-refractivity contribution in [2.75, 3.05) is 13.2 Å². The molecule has 118 valence electrons. The van der Waals surface area contributed by atoms with E-state index in [0.717, 1.165) is 24.4 Å². The van der Waals surface area contributed by atoms with Crippen molar-refractivity contribution in [1.29, 1.82) is 0 Å². The Morgan fingerprint density at radius 2 is 2.50 bits per heavy atom. The predicted octanol–water partition coefficient (Wildman–Crippen LogP) is 1.07. The standard InChI is InChI=1S/C15H20N4O3/c20-9-12(7-11-2-6-22-10-11)8-17-15(21)18-13-1-4-19-5-3-16-14(13)19/h2-3,5-6,10,12-13,20H,1,4,7-9H2,(H2,17,18,21). The van der Waals surface area contributed by atoms with Crippen molar-refractivity contribution in [3.8, 4) is 0 Å². The number of nitrogens with zero attached hydrogens (tertiary/aromatic N) is 2. The van der Waals surface area contributed by atoms with Crippen molar-refractivity contribution in [2.45, 2.75) is 25.4 Å². The SMILES string of the molecule is O=C(NCC(CO)Cc1ccoc1)NC1CCn2ccnc21. The number of hydrogen-bond donors (Lipinski definition) is 3. The Hall–Kier alpha value is -2.28. The van der Waals surface area contributed by atoms with Gasteiger partial charge in [-0.25, -0.2) is 9.78 Å². The first kappa shape index (κ1) is 14.6. The highest BCUT2D eigenvalue weighted by atomic mass is 16.3.